The fraction of sp³-hybridized carbons (Fsp3) is 0.412. The number of halogens is 2. The lowest BCUT2D eigenvalue weighted by atomic mass is 10.1. The molecule has 1 saturated carbocycles. The van der Waals surface area contributed by atoms with Crippen molar-refractivity contribution < 1.29 is 18.3 Å². The number of aromatic nitrogens is 1. The summed E-state index contributed by atoms with van der Waals surface area (Å²) in [6, 6.07) is 6.59. The Hall–Kier alpha value is -2.44. The number of amides is 2. The van der Waals surface area contributed by atoms with Crippen LogP contribution in [0.5, 0.6) is 5.75 Å². The van der Waals surface area contributed by atoms with Crippen LogP contribution in [0, 0.1) is 5.92 Å². The molecule has 5 nitrogen and oxygen atoms in total. The van der Waals surface area contributed by atoms with E-state index in [4.69, 9.17) is 0 Å². The number of rotatable bonds is 3. The summed E-state index contributed by atoms with van der Waals surface area (Å²) in [5, 5.41) is 3.47. The number of piperidine rings is 1. The lowest BCUT2D eigenvalue weighted by Gasteiger charge is -2.27. The van der Waals surface area contributed by atoms with Crippen LogP contribution in [0.1, 0.15) is 19.3 Å². The fourth-order valence-corrected chi connectivity index (χ4v) is 3.81. The van der Waals surface area contributed by atoms with E-state index in [1.54, 1.807) is 18.2 Å². The minimum atomic E-state index is -2.92. The maximum absolute atomic E-state index is 12.6. The van der Waals surface area contributed by atoms with Crippen molar-refractivity contribution in [2.24, 2.45) is 5.92 Å². The summed E-state index contributed by atoms with van der Waals surface area (Å²) in [6.45, 7) is -2.13. The quantitative estimate of drug-likeness (QED) is 0.928. The highest BCUT2D eigenvalue weighted by Gasteiger charge is 2.40. The molecule has 2 fully saturated rings. The average Bonchev–Trinajstić information content (AvgIpc) is 3.20. The monoisotopic (exact) mass is 333 g/mol. The summed E-state index contributed by atoms with van der Waals surface area (Å²) < 4.78 is 29.6. The molecule has 4 rings (SSSR count). The molecule has 126 valence electrons. The lowest BCUT2D eigenvalue weighted by molar-refractivity contribution is -0.0489. The van der Waals surface area contributed by atoms with Crippen LogP contribution in [-0.2, 0) is 0 Å². The number of anilines is 1. The lowest BCUT2D eigenvalue weighted by Crippen LogP contribution is -2.40. The standard InChI is InChI=1S/C17H17F2N3O2/c18-16(19)24-14-6-5-13(12-2-1-7-20-15(12)14)21-17(23)22-9-10-3-4-11(22)8-10/h1-2,5-7,10-11,16H,3-4,8-9H2,(H,21,23)/t10-,11-/m0/s1. The topological polar surface area (TPSA) is 54.5 Å². The second-order valence-electron chi connectivity index (χ2n) is 6.30. The molecule has 0 unspecified atom stereocenters. The van der Waals surface area contributed by atoms with Crippen LogP contribution < -0.4 is 10.1 Å². The number of pyridine rings is 1. The van der Waals surface area contributed by atoms with Crippen LogP contribution in [0.25, 0.3) is 10.9 Å². The number of likely N-dealkylation sites (tertiary alicyclic amines) is 1. The summed E-state index contributed by atoms with van der Waals surface area (Å²) in [4.78, 5) is 18.5. The second-order valence-corrected chi connectivity index (χ2v) is 6.30. The van der Waals surface area contributed by atoms with E-state index in [1.165, 1.54) is 18.7 Å². The van der Waals surface area contributed by atoms with E-state index >= 15 is 0 Å². The van der Waals surface area contributed by atoms with Crippen LogP contribution in [0.3, 0.4) is 0 Å². The van der Waals surface area contributed by atoms with Crippen molar-refractivity contribution in [3.05, 3.63) is 30.5 Å². The Morgan fingerprint density at radius 3 is 2.92 bits per heavy atom. The van der Waals surface area contributed by atoms with Crippen molar-refractivity contribution >= 4 is 22.6 Å². The summed E-state index contributed by atoms with van der Waals surface area (Å²) in [7, 11) is 0. The molecule has 2 aliphatic rings. The summed E-state index contributed by atoms with van der Waals surface area (Å²) in [5.74, 6) is 0.611. The molecule has 24 heavy (non-hydrogen) atoms. The molecule has 1 aromatic heterocycles. The minimum absolute atomic E-state index is 0.00108. The number of carbonyl (C=O) groups is 1. The van der Waals surface area contributed by atoms with Gasteiger partial charge in [0.2, 0.25) is 0 Å². The number of urea groups is 1. The Morgan fingerprint density at radius 2 is 2.21 bits per heavy atom. The van der Waals surface area contributed by atoms with Gasteiger partial charge in [-0.25, -0.2) is 4.79 Å². The number of carbonyl (C=O) groups excluding carboxylic acids is 1. The van der Waals surface area contributed by atoms with Gasteiger partial charge in [0, 0.05) is 24.2 Å². The minimum Gasteiger partial charge on any atom is -0.432 e. The summed E-state index contributed by atoms with van der Waals surface area (Å²) in [6.07, 6.45) is 4.84. The largest absolute Gasteiger partial charge is 0.432 e. The van der Waals surface area contributed by atoms with Crippen LogP contribution in [0.2, 0.25) is 0 Å². The van der Waals surface area contributed by atoms with Crippen LogP contribution in [0.4, 0.5) is 19.3 Å². The number of benzene rings is 1. The van der Waals surface area contributed by atoms with Crippen LogP contribution >= 0.6 is 0 Å². The van der Waals surface area contributed by atoms with Crippen molar-refractivity contribution in [1.82, 2.24) is 9.88 Å². The van der Waals surface area contributed by atoms with Crippen LogP contribution in [0.15, 0.2) is 30.5 Å². The Balaban J connectivity index is 1.61. The van der Waals surface area contributed by atoms with Gasteiger partial charge in [-0.1, -0.05) is 0 Å². The van der Waals surface area contributed by atoms with Crippen LogP contribution in [-0.4, -0.2) is 35.1 Å². The van der Waals surface area contributed by atoms with E-state index in [9.17, 15) is 13.6 Å². The highest BCUT2D eigenvalue weighted by Crippen LogP contribution is 2.38. The molecule has 1 aromatic carbocycles. The normalized spacial score (nSPS) is 22.4. The third kappa shape index (κ3) is 2.64. The third-order valence-electron chi connectivity index (χ3n) is 4.86. The molecule has 1 aliphatic heterocycles. The molecular weight excluding hydrogens is 316 g/mol. The smallest absolute Gasteiger partial charge is 0.387 e. The predicted molar refractivity (Wildman–Crippen MR) is 85.2 cm³/mol. The molecule has 2 amide bonds. The Bertz CT molecular complexity index is 784. The van der Waals surface area contributed by atoms with Gasteiger partial charge in [0.25, 0.3) is 0 Å². The number of hydrogen-bond donors (Lipinski definition) is 1. The van der Waals surface area contributed by atoms with E-state index in [0.717, 1.165) is 19.4 Å². The highest BCUT2D eigenvalue weighted by atomic mass is 19.3. The second kappa shape index (κ2) is 5.89. The van der Waals surface area contributed by atoms with Crippen molar-refractivity contribution in [2.45, 2.75) is 31.9 Å². The number of fused-ring (bicyclic) bond motifs is 3. The van der Waals surface area contributed by atoms with Gasteiger partial charge in [-0.2, -0.15) is 8.78 Å². The SMILES string of the molecule is O=C(Nc1ccc(OC(F)F)c2ncccc12)N1C[C@H]2CC[C@H]1C2. The fourth-order valence-electron chi connectivity index (χ4n) is 3.81. The van der Waals surface area contributed by atoms with Gasteiger partial charge in [-0.15, -0.1) is 0 Å². The molecule has 0 spiro atoms. The van der Waals surface area contributed by atoms with Gasteiger partial charge >= 0.3 is 12.6 Å². The van der Waals surface area contributed by atoms with E-state index in [1.807, 2.05) is 4.90 Å². The van der Waals surface area contributed by atoms with Gasteiger partial charge in [0.1, 0.15) is 5.52 Å². The third-order valence-corrected chi connectivity index (χ3v) is 4.86. The van der Waals surface area contributed by atoms with Crippen molar-refractivity contribution in [3.63, 3.8) is 0 Å². The predicted octanol–water partition coefficient (Wildman–Crippen LogP) is 3.85. The maximum atomic E-state index is 12.6. The number of alkyl halides is 2. The molecule has 1 aliphatic carbocycles. The Labute approximate surface area is 137 Å². The molecule has 1 N–H and O–H groups in total. The zero-order valence-corrected chi connectivity index (χ0v) is 12.9. The highest BCUT2D eigenvalue weighted by molar-refractivity contribution is 6.02. The van der Waals surface area contributed by atoms with Gasteiger partial charge in [0.05, 0.1) is 5.69 Å². The summed E-state index contributed by atoms with van der Waals surface area (Å²) >= 11 is 0. The Morgan fingerprint density at radius 1 is 1.33 bits per heavy atom. The van der Waals surface area contributed by atoms with Gasteiger partial charge in [-0.05, 0) is 49.4 Å². The first kappa shape index (κ1) is 15.1. The van der Waals surface area contributed by atoms with Gasteiger partial charge < -0.3 is 15.0 Å². The molecule has 7 heteroatoms. The van der Waals surface area contributed by atoms with Crippen molar-refractivity contribution in [2.75, 3.05) is 11.9 Å². The molecule has 2 heterocycles. The molecule has 0 radical (unpaired) electrons. The summed E-state index contributed by atoms with van der Waals surface area (Å²) in [5.41, 5.74) is 0.853. The molecular formula is C17H17F2N3O2. The zero-order chi connectivity index (χ0) is 16.7. The number of nitrogens with one attached hydrogen (secondary N) is 1. The number of hydrogen-bond acceptors (Lipinski definition) is 3. The molecule has 2 atom stereocenters. The first-order valence-electron chi connectivity index (χ1n) is 8.02. The van der Waals surface area contributed by atoms with Crippen molar-refractivity contribution in [3.8, 4) is 5.75 Å². The number of nitrogens with zero attached hydrogens (tertiary/aromatic N) is 2. The maximum Gasteiger partial charge on any atom is 0.387 e. The number of ether oxygens (including phenoxy) is 1. The zero-order valence-electron chi connectivity index (χ0n) is 12.9. The first-order valence-corrected chi connectivity index (χ1v) is 8.02. The van der Waals surface area contributed by atoms with E-state index in [-0.39, 0.29) is 11.8 Å². The first-order chi connectivity index (χ1) is 11.6. The average molecular weight is 333 g/mol. The van der Waals surface area contributed by atoms with Gasteiger partial charge in [-0.3, -0.25) is 4.98 Å². The molecule has 2 aromatic rings. The molecule has 1 saturated heterocycles. The molecule has 2 bridgehead atoms. The van der Waals surface area contributed by atoms with E-state index < -0.39 is 6.61 Å². The van der Waals surface area contributed by atoms with E-state index in [2.05, 4.69) is 15.0 Å². The van der Waals surface area contributed by atoms with Gasteiger partial charge in [0.15, 0.2) is 5.75 Å². The van der Waals surface area contributed by atoms with Crippen molar-refractivity contribution in [1.29, 1.82) is 0 Å². The Kier molecular flexibility index (Phi) is 3.70. The van der Waals surface area contributed by atoms with E-state index in [0.29, 0.717) is 28.6 Å².